The average molecular weight is 513 g/mol. The van der Waals surface area contributed by atoms with Gasteiger partial charge in [0.25, 0.3) is 11.9 Å². The van der Waals surface area contributed by atoms with Crippen molar-refractivity contribution in [3.8, 4) is 5.69 Å². The minimum atomic E-state index is -0.439. The summed E-state index contributed by atoms with van der Waals surface area (Å²) in [5.41, 5.74) is 1.70. The van der Waals surface area contributed by atoms with Crippen LogP contribution in [0, 0.1) is 11.3 Å². The topological polar surface area (TPSA) is 96.6 Å². The molecule has 2 heterocycles. The van der Waals surface area contributed by atoms with E-state index >= 15 is 0 Å². The number of piperidine rings is 1. The maximum Gasteiger partial charge on any atom is 0.284 e. The summed E-state index contributed by atoms with van der Waals surface area (Å²) in [6.07, 6.45) is 4.23. The maximum absolute atomic E-state index is 14.1. The van der Waals surface area contributed by atoms with Gasteiger partial charge < -0.3 is 19.3 Å². The summed E-state index contributed by atoms with van der Waals surface area (Å²) in [5.74, 6) is 0.201. The highest BCUT2D eigenvalue weighted by Gasteiger charge is 2.34. The largest absolute Gasteiger partial charge is 0.460 e. The number of likely N-dealkylation sites (tertiary alicyclic amines) is 1. The fraction of sp³-hybridized carbons (Fsp3) is 0.643. The third-order valence-electron chi connectivity index (χ3n) is 6.33. The van der Waals surface area contributed by atoms with Gasteiger partial charge in [0.05, 0.1) is 11.4 Å². The molecule has 0 saturated carbocycles. The van der Waals surface area contributed by atoms with Crippen molar-refractivity contribution in [3.63, 3.8) is 0 Å². The lowest BCUT2D eigenvalue weighted by atomic mass is 10.0. The van der Waals surface area contributed by atoms with Crippen LogP contribution in [0.15, 0.2) is 30.3 Å². The molecule has 2 aromatic rings. The third-order valence-corrected chi connectivity index (χ3v) is 6.33. The quantitative estimate of drug-likeness (QED) is 0.285. The first kappa shape index (κ1) is 28.6. The molecule has 1 amide bonds. The van der Waals surface area contributed by atoms with Crippen molar-refractivity contribution in [2.75, 3.05) is 33.4 Å². The summed E-state index contributed by atoms with van der Waals surface area (Å²) in [7, 11) is 1.70. The molecule has 1 aliphatic rings. The Balaban J connectivity index is 1.89. The van der Waals surface area contributed by atoms with Gasteiger partial charge in [-0.2, -0.15) is 0 Å². The van der Waals surface area contributed by atoms with E-state index < -0.39 is 5.60 Å². The van der Waals surface area contributed by atoms with Gasteiger partial charge in [-0.05, 0) is 70.9 Å². The summed E-state index contributed by atoms with van der Waals surface area (Å²) < 4.78 is 12.9. The van der Waals surface area contributed by atoms with Crippen LogP contribution in [0.1, 0.15) is 76.5 Å². The Hall–Kier alpha value is -2.94. The summed E-state index contributed by atoms with van der Waals surface area (Å²) in [4.78, 5) is 18.0. The first-order valence-electron chi connectivity index (χ1n) is 13.4. The van der Waals surface area contributed by atoms with E-state index in [1.165, 1.54) is 0 Å². The fourth-order valence-corrected chi connectivity index (χ4v) is 4.68. The number of nitrogens with one attached hydrogen (secondary N) is 1. The molecule has 0 aliphatic carbocycles. The molecular weight excluding hydrogens is 468 g/mol. The second-order valence-electron chi connectivity index (χ2n) is 11.2. The monoisotopic (exact) mass is 512 g/mol. The van der Waals surface area contributed by atoms with Crippen LogP contribution in [0.25, 0.3) is 5.69 Å². The number of hydrogen-bond acceptors (Lipinski definition) is 6. The Bertz CT molecular complexity index is 1010. The van der Waals surface area contributed by atoms with E-state index in [-0.39, 0.29) is 18.0 Å². The maximum atomic E-state index is 14.1. The zero-order chi connectivity index (χ0) is 27.0. The Kier molecular flexibility index (Phi) is 10.1. The molecule has 0 unspecified atom stereocenters. The zero-order valence-electron chi connectivity index (χ0n) is 23.4. The molecule has 1 aromatic heterocycles. The van der Waals surface area contributed by atoms with Gasteiger partial charge in [-0.15, -0.1) is 5.10 Å². The summed E-state index contributed by atoms with van der Waals surface area (Å²) in [5, 5.41) is 17.3. The van der Waals surface area contributed by atoms with E-state index in [9.17, 15) is 4.79 Å². The molecule has 1 saturated heterocycles. The molecule has 37 heavy (non-hydrogen) atoms. The predicted molar refractivity (Wildman–Crippen MR) is 145 cm³/mol. The van der Waals surface area contributed by atoms with Gasteiger partial charge in [-0.1, -0.05) is 37.3 Å². The molecule has 0 spiro atoms. The molecule has 1 atom stereocenters. The number of ether oxygens (including phenoxy) is 2. The highest BCUT2D eigenvalue weighted by molar-refractivity contribution is 5.93. The number of carbonyl (C=O) groups is 1. The van der Waals surface area contributed by atoms with Crippen LogP contribution in [-0.4, -0.2) is 81.7 Å². The highest BCUT2D eigenvalue weighted by Crippen LogP contribution is 2.24. The number of carbonyl (C=O) groups excluding carboxylic acids is 1. The van der Waals surface area contributed by atoms with E-state index in [0.29, 0.717) is 37.7 Å². The molecule has 9 heteroatoms. The Morgan fingerprint density at radius 3 is 2.59 bits per heavy atom. The molecule has 204 valence electrons. The van der Waals surface area contributed by atoms with Crippen LogP contribution in [0.2, 0.25) is 0 Å². The van der Waals surface area contributed by atoms with Gasteiger partial charge in [0, 0.05) is 39.4 Å². The number of amides is 1. The van der Waals surface area contributed by atoms with Crippen molar-refractivity contribution in [1.29, 1.82) is 5.41 Å². The first-order chi connectivity index (χ1) is 17.6. The van der Waals surface area contributed by atoms with E-state index in [1.807, 2.05) is 60.9 Å². The van der Waals surface area contributed by atoms with Crippen molar-refractivity contribution in [3.05, 3.63) is 41.7 Å². The van der Waals surface area contributed by atoms with E-state index in [1.54, 1.807) is 11.8 Å². The van der Waals surface area contributed by atoms with E-state index in [4.69, 9.17) is 14.9 Å². The van der Waals surface area contributed by atoms with Crippen LogP contribution in [-0.2, 0) is 15.9 Å². The second-order valence-corrected chi connectivity index (χ2v) is 11.2. The van der Waals surface area contributed by atoms with Crippen molar-refractivity contribution >= 4 is 11.9 Å². The number of methoxy groups -OCH3 is 1. The SMILES string of the molecule is COCCCCc1c(C(=O)N(CC(C)C)[C@H]2CCCN(C(=N)OC(C)(C)C)C2)nnn1-c1ccccc1. The summed E-state index contributed by atoms with van der Waals surface area (Å²) >= 11 is 0. The van der Waals surface area contributed by atoms with Gasteiger partial charge in [0.15, 0.2) is 5.69 Å². The minimum absolute atomic E-state index is 0.0317. The van der Waals surface area contributed by atoms with Gasteiger partial charge in [-0.3, -0.25) is 10.2 Å². The van der Waals surface area contributed by atoms with Crippen LogP contribution >= 0.6 is 0 Å². The number of amidine groups is 1. The number of para-hydroxylation sites is 1. The van der Waals surface area contributed by atoms with E-state index in [0.717, 1.165) is 43.6 Å². The van der Waals surface area contributed by atoms with Crippen LogP contribution in [0.3, 0.4) is 0 Å². The van der Waals surface area contributed by atoms with Crippen molar-refractivity contribution < 1.29 is 14.3 Å². The number of aromatic nitrogens is 3. The summed E-state index contributed by atoms with van der Waals surface area (Å²) in [6, 6.07) is 9.98. The number of benzene rings is 1. The number of rotatable bonds is 10. The lowest BCUT2D eigenvalue weighted by molar-refractivity contribution is 0.0455. The average Bonchev–Trinajstić information content (AvgIpc) is 3.28. The minimum Gasteiger partial charge on any atom is -0.460 e. The standard InChI is InChI=1S/C28H44N6O3/c1-21(2)19-33(23-15-12-17-32(20-23)27(29)37-28(3,4)5)26(35)25-24(16-10-11-18-36-6)34(31-30-25)22-13-8-7-9-14-22/h7-9,13-14,21,23,29H,10-12,15-20H2,1-6H3/t23-/m0/s1. The zero-order valence-corrected chi connectivity index (χ0v) is 23.4. The molecule has 1 N–H and O–H groups in total. The Morgan fingerprint density at radius 2 is 1.95 bits per heavy atom. The molecule has 9 nitrogen and oxygen atoms in total. The van der Waals surface area contributed by atoms with Crippen molar-refractivity contribution in [2.24, 2.45) is 5.92 Å². The van der Waals surface area contributed by atoms with Gasteiger partial charge >= 0.3 is 0 Å². The molecule has 0 radical (unpaired) electrons. The lowest BCUT2D eigenvalue weighted by Crippen LogP contribution is -2.53. The molecule has 0 bridgehead atoms. The fourth-order valence-electron chi connectivity index (χ4n) is 4.68. The Labute approximate surface area is 221 Å². The van der Waals surface area contributed by atoms with Gasteiger partial charge in [-0.25, -0.2) is 4.68 Å². The van der Waals surface area contributed by atoms with E-state index in [2.05, 4.69) is 24.2 Å². The smallest absolute Gasteiger partial charge is 0.284 e. The molecule has 1 aromatic carbocycles. The lowest BCUT2D eigenvalue weighted by Gasteiger charge is -2.41. The van der Waals surface area contributed by atoms with Gasteiger partial charge in [0.2, 0.25) is 0 Å². The third kappa shape index (κ3) is 8.02. The normalized spacial score (nSPS) is 16.2. The highest BCUT2D eigenvalue weighted by atomic mass is 16.5. The van der Waals surface area contributed by atoms with Crippen LogP contribution in [0.5, 0.6) is 0 Å². The number of hydrogen-bond donors (Lipinski definition) is 1. The molecule has 1 aliphatic heterocycles. The van der Waals surface area contributed by atoms with Crippen molar-refractivity contribution in [1.82, 2.24) is 24.8 Å². The Morgan fingerprint density at radius 1 is 1.22 bits per heavy atom. The van der Waals surface area contributed by atoms with Gasteiger partial charge in [0.1, 0.15) is 5.60 Å². The van der Waals surface area contributed by atoms with Crippen LogP contribution < -0.4 is 0 Å². The second kappa shape index (κ2) is 13.0. The number of unbranched alkanes of at least 4 members (excludes halogenated alkanes) is 1. The first-order valence-corrected chi connectivity index (χ1v) is 13.4. The molecular formula is C28H44N6O3. The van der Waals surface area contributed by atoms with Crippen molar-refractivity contribution in [2.45, 2.75) is 78.4 Å². The molecule has 1 fully saturated rings. The van der Waals surface area contributed by atoms with Crippen LogP contribution in [0.4, 0.5) is 0 Å². The number of nitrogens with zero attached hydrogens (tertiary/aromatic N) is 5. The predicted octanol–water partition coefficient (Wildman–Crippen LogP) is 4.55. The molecule has 3 rings (SSSR count). The summed E-state index contributed by atoms with van der Waals surface area (Å²) in [6.45, 7) is 12.7.